The maximum absolute atomic E-state index is 13.4. The van der Waals surface area contributed by atoms with Gasteiger partial charge in [-0.05, 0) is 26.2 Å². The molecule has 2 aliphatic heterocycles. The van der Waals surface area contributed by atoms with E-state index in [2.05, 4.69) is 0 Å². The van der Waals surface area contributed by atoms with Gasteiger partial charge in [0.25, 0.3) is 5.91 Å². The largest absolute Gasteiger partial charge is 0.508 e. The number of ether oxygens (including phenoxy) is 2. The van der Waals surface area contributed by atoms with Gasteiger partial charge in [-0.2, -0.15) is 0 Å². The smallest absolute Gasteiger partial charge is 0.342 e. The van der Waals surface area contributed by atoms with Gasteiger partial charge in [-0.3, -0.25) is 14.5 Å². The number of hydrogen-bond donors (Lipinski definition) is 1. The third-order valence-electron chi connectivity index (χ3n) is 7.16. The van der Waals surface area contributed by atoms with Gasteiger partial charge in [0.1, 0.15) is 17.6 Å². The van der Waals surface area contributed by atoms with Gasteiger partial charge in [-0.15, -0.1) is 0 Å². The second-order valence-electron chi connectivity index (χ2n) is 10.6. The molecule has 32 heavy (non-hydrogen) atoms. The lowest BCUT2D eigenvalue weighted by atomic mass is 9.85. The number of nitrogens with zero attached hydrogens (tertiary/aromatic N) is 1. The number of hydrogen-bond acceptors (Lipinski definition) is 6. The van der Waals surface area contributed by atoms with Crippen molar-refractivity contribution in [2.75, 3.05) is 6.61 Å². The van der Waals surface area contributed by atoms with E-state index in [0.29, 0.717) is 6.42 Å². The summed E-state index contributed by atoms with van der Waals surface area (Å²) in [6.45, 7) is 9.06. The second kappa shape index (κ2) is 9.54. The first-order valence-electron chi connectivity index (χ1n) is 12.2. The van der Waals surface area contributed by atoms with E-state index in [-0.39, 0.29) is 18.6 Å². The van der Waals surface area contributed by atoms with Crippen molar-refractivity contribution >= 4 is 17.7 Å². The summed E-state index contributed by atoms with van der Waals surface area (Å²) >= 11 is 0. The Morgan fingerprint density at radius 3 is 2.44 bits per heavy atom. The quantitative estimate of drug-likeness (QED) is 0.334. The number of Topliss-reactive ketones (excluding diaryl/α,β-unsaturated/α-hetero) is 1. The highest BCUT2D eigenvalue weighted by Crippen LogP contribution is 2.50. The van der Waals surface area contributed by atoms with Crippen LogP contribution in [-0.4, -0.2) is 52.1 Å². The van der Waals surface area contributed by atoms with Crippen LogP contribution in [0.5, 0.6) is 0 Å². The highest BCUT2D eigenvalue weighted by Gasteiger charge is 2.70. The van der Waals surface area contributed by atoms with E-state index in [9.17, 15) is 19.5 Å². The van der Waals surface area contributed by atoms with Crippen molar-refractivity contribution in [2.45, 2.75) is 110 Å². The van der Waals surface area contributed by atoms with Crippen LogP contribution in [0, 0.1) is 11.3 Å². The summed E-state index contributed by atoms with van der Waals surface area (Å²) in [5.41, 5.74) is -2.62. The zero-order valence-electron chi connectivity index (χ0n) is 20.2. The van der Waals surface area contributed by atoms with Crippen molar-refractivity contribution in [1.82, 2.24) is 4.90 Å². The number of rotatable bonds is 8. The fraction of sp³-hybridized carbons (Fsp3) is 0.800. The molecule has 2 fully saturated rings. The topological polar surface area (TPSA) is 93.1 Å². The van der Waals surface area contributed by atoms with Crippen LogP contribution in [0.3, 0.4) is 0 Å². The standard InChI is InChI=1S/C25H39NO6/c1-6-31-23(30)25-16(2)32-22(24(3,4)5)26(25)21(29)19(20(25)28)18(27)15-11-10-14-17-12-8-7-9-13-17/h16-17,22,28H,6-15H2,1-5H3/t16-,22-,25-/m1/s1. The van der Waals surface area contributed by atoms with Crippen LogP contribution in [0.25, 0.3) is 0 Å². The Kier molecular flexibility index (Phi) is 7.38. The molecule has 1 aliphatic carbocycles. The summed E-state index contributed by atoms with van der Waals surface area (Å²) in [6, 6.07) is 0. The molecule has 0 aromatic carbocycles. The van der Waals surface area contributed by atoms with E-state index < -0.39 is 46.7 Å². The summed E-state index contributed by atoms with van der Waals surface area (Å²) in [5.74, 6) is -1.59. The van der Waals surface area contributed by atoms with Crippen LogP contribution >= 0.6 is 0 Å². The Morgan fingerprint density at radius 2 is 1.84 bits per heavy atom. The van der Waals surface area contributed by atoms with Crippen molar-refractivity contribution in [2.24, 2.45) is 11.3 Å². The summed E-state index contributed by atoms with van der Waals surface area (Å²) in [5, 5.41) is 11.2. The molecule has 3 aliphatic rings. The number of unbranched alkanes of at least 4 members (excludes halogenated alkanes) is 1. The Balaban J connectivity index is 1.80. The van der Waals surface area contributed by atoms with Crippen molar-refractivity contribution in [3.63, 3.8) is 0 Å². The lowest BCUT2D eigenvalue weighted by Gasteiger charge is -2.36. The molecule has 180 valence electrons. The first-order valence-corrected chi connectivity index (χ1v) is 12.2. The minimum Gasteiger partial charge on any atom is -0.508 e. The number of fused-ring (bicyclic) bond motifs is 1. The van der Waals surface area contributed by atoms with E-state index in [1.165, 1.54) is 37.0 Å². The third kappa shape index (κ3) is 4.20. The number of amides is 1. The number of esters is 1. The molecule has 7 heteroatoms. The van der Waals surface area contributed by atoms with Crippen LogP contribution in [0.4, 0.5) is 0 Å². The molecule has 0 bridgehead atoms. The number of carbonyl (C=O) groups is 3. The Morgan fingerprint density at radius 1 is 1.19 bits per heavy atom. The van der Waals surface area contributed by atoms with E-state index in [1.807, 2.05) is 20.8 Å². The predicted octanol–water partition coefficient (Wildman–Crippen LogP) is 4.44. The van der Waals surface area contributed by atoms with E-state index in [0.717, 1.165) is 18.8 Å². The average Bonchev–Trinajstić information content (AvgIpc) is 3.17. The van der Waals surface area contributed by atoms with Gasteiger partial charge in [-0.25, -0.2) is 4.79 Å². The zero-order chi connectivity index (χ0) is 23.7. The molecule has 0 spiro atoms. The third-order valence-corrected chi connectivity index (χ3v) is 7.16. The fourth-order valence-electron chi connectivity index (χ4n) is 5.48. The lowest BCUT2D eigenvalue weighted by Crippen LogP contribution is -2.59. The molecule has 1 saturated carbocycles. The van der Waals surface area contributed by atoms with Gasteiger partial charge in [0.2, 0.25) is 5.54 Å². The number of ketones is 1. The van der Waals surface area contributed by atoms with Crippen LogP contribution in [0.15, 0.2) is 11.3 Å². The first kappa shape index (κ1) is 24.7. The fourth-order valence-corrected chi connectivity index (χ4v) is 5.48. The monoisotopic (exact) mass is 449 g/mol. The van der Waals surface area contributed by atoms with Crippen LogP contribution in [0.1, 0.15) is 92.4 Å². The summed E-state index contributed by atoms with van der Waals surface area (Å²) in [4.78, 5) is 40.9. The SMILES string of the molecule is CCOC(=O)[C@@]12C(O)=C(C(=O)CCCCC3CCCCC3)C(=O)N1[C@@H](C(C)(C)C)O[C@@H]2C. The van der Waals surface area contributed by atoms with Crippen molar-refractivity contribution < 1.29 is 29.0 Å². The summed E-state index contributed by atoms with van der Waals surface area (Å²) < 4.78 is 11.3. The first-order chi connectivity index (χ1) is 15.1. The van der Waals surface area contributed by atoms with Gasteiger partial charge in [0.05, 0.1) is 12.7 Å². The van der Waals surface area contributed by atoms with Crippen molar-refractivity contribution in [3.8, 4) is 0 Å². The minimum atomic E-state index is -1.81. The second-order valence-corrected chi connectivity index (χ2v) is 10.6. The zero-order valence-corrected chi connectivity index (χ0v) is 20.2. The van der Waals surface area contributed by atoms with Gasteiger partial charge in [-0.1, -0.05) is 65.7 Å². The molecule has 2 heterocycles. The molecule has 3 rings (SSSR count). The van der Waals surface area contributed by atoms with E-state index in [4.69, 9.17) is 9.47 Å². The molecule has 0 aromatic rings. The molecule has 3 atom stereocenters. The Bertz CT molecular complexity index is 776. The van der Waals surface area contributed by atoms with Crippen LogP contribution in [-0.2, 0) is 23.9 Å². The lowest BCUT2D eigenvalue weighted by molar-refractivity contribution is -0.160. The molecule has 7 nitrogen and oxygen atoms in total. The highest BCUT2D eigenvalue weighted by molar-refractivity contribution is 6.24. The van der Waals surface area contributed by atoms with Crippen LogP contribution in [0.2, 0.25) is 0 Å². The number of aliphatic hydroxyl groups excluding tert-OH is 1. The van der Waals surface area contributed by atoms with Gasteiger partial charge >= 0.3 is 5.97 Å². The maximum atomic E-state index is 13.4. The minimum absolute atomic E-state index is 0.0905. The molecule has 0 aromatic heterocycles. The normalized spacial score (nSPS) is 28.9. The van der Waals surface area contributed by atoms with Crippen LogP contribution < -0.4 is 0 Å². The number of carbonyl (C=O) groups excluding carboxylic acids is 3. The molecular formula is C25H39NO6. The Labute approximate surface area is 191 Å². The van der Waals surface area contributed by atoms with Crippen molar-refractivity contribution in [3.05, 3.63) is 11.3 Å². The molecule has 0 radical (unpaired) electrons. The van der Waals surface area contributed by atoms with E-state index >= 15 is 0 Å². The Hall–Kier alpha value is -1.89. The predicted molar refractivity (Wildman–Crippen MR) is 120 cm³/mol. The molecule has 1 amide bonds. The van der Waals surface area contributed by atoms with Gasteiger partial charge in [0, 0.05) is 11.8 Å². The van der Waals surface area contributed by atoms with Gasteiger partial charge in [0.15, 0.2) is 5.78 Å². The molecule has 1 saturated heterocycles. The van der Waals surface area contributed by atoms with E-state index in [1.54, 1.807) is 13.8 Å². The maximum Gasteiger partial charge on any atom is 0.342 e. The van der Waals surface area contributed by atoms with Crippen molar-refractivity contribution in [1.29, 1.82) is 0 Å². The molecule has 1 N–H and O–H groups in total. The summed E-state index contributed by atoms with van der Waals surface area (Å²) in [6.07, 6.45) is 7.70. The highest BCUT2D eigenvalue weighted by atomic mass is 16.6. The molecule has 0 unspecified atom stereocenters. The summed E-state index contributed by atoms with van der Waals surface area (Å²) in [7, 11) is 0. The van der Waals surface area contributed by atoms with Gasteiger partial charge < -0.3 is 14.6 Å². The average molecular weight is 450 g/mol. The number of aliphatic hydroxyl groups is 1. The molecular weight excluding hydrogens is 410 g/mol.